The van der Waals surface area contributed by atoms with Gasteiger partial charge in [0.1, 0.15) is 23.7 Å². The first-order valence-electron chi connectivity index (χ1n) is 10.1. The van der Waals surface area contributed by atoms with Crippen LogP contribution in [0.1, 0.15) is 54.5 Å². The molecule has 0 aliphatic carbocycles. The number of aliphatic hydroxyl groups excluding tert-OH is 1. The maximum absolute atomic E-state index is 10.2. The zero-order chi connectivity index (χ0) is 20.3. The van der Waals surface area contributed by atoms with Crippen molar-refractivity contribution in [3.63, 3.8) is 0 Å². The molecule has 1 aliphatic rings. The zero-order valence-corrected chi connectivity index (χ0v) is 17.7. The molecule has 0 fully saturated rings. The Morgan fingerprint density at radius 2 is 1.86 bits per heavy atom. The van der Waals surface area contributed by atoms with Gasteiger partial charge in [-0.05, 0) is 69.7 Å². The van der Waals surface area contributed by atoms with Crippen molar-refractivity contribution in [3.05, 3.63) is 70.3 Å². The van der Waals surface area contributed by atoms with Crippen LogP contribution in [0.5, 0.6) is 11.5 Å². The summed E-state index contributed by atoms with van der Waals surface area (Å²) in [4.78, 5) is 0. The van der Waals surface area contributed by atoms with Crippen LogP contribution in [0.4, 0.5) is 0 Å². The molecule has 2 aromatic rings. The lowest BCUT2D eigenvalue weighted by Crippen LogP contribution is -2.40. The molecular weight excluding hydrogens is 348 g/mol. The second kappa shape index (κ2) is 8.40. The van der Waals surface area contributed by atoms with Gasteiger partial charge < -0.3 is 14.6 Å². The molecule has 0 spiro atoms. The molecule has 0 bridgehead atoms. The molecule has 1 heterocycles. The third-order valence-corrected chi connectivity index (χ3v) is 5.84. The largest absolute Gasteiger partial charge is 0.488 e. The molecule has 1 aliphatic heterocycles. The van der Waals surface area contributed by atoms with Gasteiger partial charge in [-0.1, -0.05) is 42.5 Å². The minimum atomic E-state index is -0.479. The number of hydrogen-bond donors (Lipinski definition) is 1. The lowest BCUT2D eigenvalue weighted by Gasteiger charge is -2.39. The first-order valence-corrected chi connectivity index (χ1v) is 10.1. The second-order valence-corrected chi connectivity index (χ2v) is 8.14. The molecule has 2 aromatic carbocycles. The molecule has 0 unspecified atom stereocenters. The molecule has 2 atom stereocenters. The van der Waals surface area contributed by atoms with Gasteiger partial charge in [0.2, 0.25) is 0 Å². The Bertz CT molecular complexity index is 854. The molecule has 1 N–H and O–H groups in total. The highest BCUT2D eigenvalue weighted by molar-refractivity contribution is 5.59. The van der Waals surface area contributed by atoms with Gasteiger partial charge in [0.25, 0.3) is 0 Å². The van der Waals surface area contributed by atoms with Gasteiger partial charge in [0, 0.05) is 12.0 Å². The Morgan fingerprint density at radius 1 is 1.14 bits per heavy atom. The van der Waals surface area contributed by atoms with E-state index in [1.54, 1.807) is 0 Å². The molecule has 3 rings (SSSR count). The van der Waals surface area contributed by atoms with Crippen LogP contribution in [0.15, 0.2) is 42.5 Å². The number of allylic oxidation sites excluding steroid dienone is 1. The van der Waals surface area contributed by atoms with Gasteiger partial charge in [-0.15, -0.1) is 0 Å². The fourth-order valence-electron chi connectivity index (χ4n) is 4.10. The van der Waals surface area contributed by atoms with E-state index in [1.807, 2.05) is 37.3 Å². The Balaban J connectivity index is 1.86. The Hall–Kier alpha value is -2.26. The number of ether oxygens (including phenoxy) is 2. The van der Waals surface area contributed by atoms with Gasteiger partial charge in [-0.2, -0.15) is 0 Å². The lowest BCUT2D eigenvalue weighted by atomic mass is 9.84. The number of benzene rings is 2. The van der Waals surface area contributed by atoms with Crippen LogP contribution < -0.4 is 9.47 Å². The minimum Gasteiger partial charge on any atom is -0.488 e. The lowest BCUT2D eigenvalue weighted by molar-refractivity contribution is 0.0213. The highest BCUT2D eigenvalue weighted by Crippen LogP contribution is 2.45. The van der Waals surface area contributed by atoms with E-state index >= 15 is 0 Å². The minimum absolute atomic E-state index is 0.359. The van der Waals surface area contributed by atoms with Crippen LogP contribution >= 0.6 is 0 Å². The van der Waals surface area contributed by atoms with Crippen molar-refractivity contribution in [3.8, 4) is 11.5 Å². The number of rotatable bonds is 6. The van der Waals surface area contributed by atoms with E-state index in [0.29, 0.717) is 13.0 Å². The molecule has 3 heteroatoms. The van der Waals surface area contributed by atoms with E-state index in [1.165, 1.54) is 16.7 Å². The van der Waals surface area contributed by atoms with Crippen molar-refractivity contribution < 1.29 is 14.6 Å². The molecule has 0 saturated heterocycles. The second-order valence-electron chi connectivity index (χ2n) is 8.14. The Kier molecular flexibility index (Phi) is 6.14. The Labute approximate surface area is 169 Å². The summed E-state index contributed by atoms with van der Waals surface area (Å²) in [6.45, 7) is 10.9. The maximum atomic E-state index is 10.2. The van der Waals surface area contributed by atoms with E-state index in [2.05, 4.69) is 39.8 Å². The van der Waals surface area contributed by atoms with E-state index in [4.69, 9.17) is 9.47 Å². The summed E-state index contributed by atoms with van der Waals surface area (Å²) in [6, 6.07) is 10.3. The van der Waals surface area contributed by atoms with E-state index in [0.717, 1.165) is 35.5 Å². The van der Waals surface area contributed by atoms with Crippen LogP contribution in [-0.4, -0.2) is 16.8 Å². The average Bonchev–Trinajstić information content (AvgIpc) is 2.67. The standard InChI is InChI=1S/C25H32O3/c1-6-10-21(26)15-25(5)14-13-22-19(4)23(17(2)18(3)24(22)28-25)27-16-20-11-8-7-9-12-20/h6-12,21,26H,13-16H2,1-5H3/b10-6+/t21-,25-/m0/s1. The summed E-state index contributed by atoms with van der Waals surface area (Å²) < 4.78 is 12.7. The predicted molar refractivity (Wildman–Crippen MR) is 114 cm³/mol. The predicted octanol–water partition coefficient (Wildman–Crippen LogP) is 5.60. The number of aliphatic hydroxyl groups is 1. The molecule has 3 nitrogen and oxygen atoms in total. The van der Waals surface area contributed by atoms with Gasteiger partial charge in [-0.25, -0.2) is 0 Å². The van der Waals surface area contributed by atoms with Gasteiger partial charge >= 0.3 is 0 Å². The molecule has 28 heavy (non-hydrogen) atoms. The van der Waals surface area contributed by atoms with Gasteiger partial charge in [0.05, 0.1) is 6.10 Å². The van der Waals surface area contributed by atoms with Crippen LogP contribution in [0, 0.1) is 20.8 Å². The fourth-order valence-corrected chi connectivity index (χ4v) is 4.10. The summed E-state index contributed by atoms with van der Waals surface area (Å²) in [7, 11) is 0. The summed E-state index contributed by atoms with van der Waals surface area (Å²) in [6.07, 6.45) is 5.65. The van der Waals surface area contributed by atoms with E-state index in [-0.39, 0.29) is 5.60 Å². The monoisotopic (exact) mass is 380 g/mol. The first-order chi connectivity index (χ1) is 13.3. The highest BCUT2D eigenvalue weighted by Gasteiger charge is 2.36. The van der Waals surface area contributed by atoms with Crippen molar-refractivity contribution >= 4 is 0 Å². The molecule has 0 saturated carbocycles. The van der Waals surface area contributed by atoms with Crippen LogP contribution in [0.3, 0.4) is 0 Å². The summed E-state index contributed by atoms with van der Waals surface area (Å²) in [5.41, 5.74) is 5.48. The van der Waals surface area contributed by atoms with Crippen molar-refractivity contribution in [2.75, 3.05) is 0 Å². The van der Waals surface area contributed by atoms with Crippen molar-refractivity contribution in [2.45, 2.75) is 72.2 Å². The summed E-state index contributed by atoms with van der Waals surface area (Å²) in [5, 5.41) is 10.2. The summed E-state index contributed by atoms with van der Waals surface area (Å²) >= 11 is 0. The summed E-state index contributed by atoms with van der Waals surface area (Å²) in [5.74, 6) is 1.95. The molecule has 0 aromatic heterocycles. The van der Waals surface area contributed by atoms with E-state index < -0.39 is 6.10 Å². The quantitative estimate of drug-likeness (QED) is 0.663. The maximum Gasteiger partial charge on any atom is 0.127 e. The third-order valence-electron chi connectivity index (χ3n) is 5.84. The molecular formula is C25H32O3. The van der Waals surface area contributed by atoms with E-state index in [9.17, 15) is 5.11 Å². The smallest absolute Gasteiger partial charge is 0.127 e. The molecule has 0 radical (unpaired) electrons. The van der Waals surface area contributed by atoms with Gasteiger partial charge in [0.15, 0.2) is 0 Å². The molecule has 150 valence electrons. The van der Waals surface area contributed by atoms with Crippen molar-refractivity contribution in [1.29, 1.82) is 0 Å². The van der Waals surface area contributed by atoms with Crippen molar-refractivity contribution in [1.82, 2.24) is 0 Å². The van der Waals surface area contributed by atoms with Crippen LogP contribution in [0.2, 0.25) is 0 Å². The zero-order valence-electron chi connectivity index (χ0n) is 17.7. The molecule has 0 amide bonds. The number of fused-ring (bicyclic) bond motifs is 1. The third kappa shape index (κ3) is 4.25. The normalized spacial score (nSPS) is 19.9. The fraction of sp³-hybridized carbons (Fsp3) is 0.440. The SMILES string of the molecule is C/C=C/[C@H](O)C[C@]1(C)CCc2c(C)c(OCc3ccccc3)c(C)c(C)c2O1. The van der Waals surface area contributed by atoms with Crippen LogP contribution in [-0.2, 0) is 13.0 Å². The van der Waals surface area contributed by atoms with Crippen molar-refractivity contribution in [2.24, 2.45) is 0 Å². The first kappa shape index (κ1) is 20.5. The highest BCUT2D eigenvalue weighted by atomic mass is 16.5. The number of hydrogen-bond acceptors (Lipinski definition) is 3. The Morgan fingerprint density at radius 3 is 2.54 bits per heavy atom. The topological polar surface area (TPSA) is 38.7 Å². The average molecular weight is 381 g/mol. The van der Waals surface area contributed by atoms with Gasteiger partial charge in [-0.3, -0.25) is 0 Å². The van der Waals surface area contributed by atoms with Crippen LogP contribution in [0.25, 0.3) is 0 Å².